The van der Waals surface area contributed by atoms with Crippen molar-refractivity contribution in [3.63, 3.8) is 0 Å². The number of allylic oxidation sites excluding steroid dienone is 2. The van der Waals surface area contributed by atoms with Crippen molar-refractivity contribution in [1.29, 1.82) is 0 Å². The minimum Gasteiger partial charge on any atom is -0.295 e. The zero-order valence-electron chi connectivity index (χ0n) is 10.8. The second-order valence-electron chi connectivity index (χ2n) is 5.00. The van der Waals surface area contributed by atoms with Crippen molar-refractivity contribution < 1.29 is 4.79 Å². The molecule has 1 nitrogen and oxygen atoms in total. The number of rotatable bonds is 2. The van der Waals surface area contributed by atoms with Gasteiger partial charge in [-0.25, -0.2) is 0 Å². The normalized spacial score (nSPS) is 17.4. The molecule has 1 aliphatic rings. The molecule has 0 saturated heterocycles. The van der Waals surface area contributed by atoms with Crippen molar-refractivity contribution in [3.8, 4) is 0 Å². The van der Waals surface area contributed by atoms with Crippen LogP contribution in [0.5, 0.6) is 0 Å². The van der Waals surface area contributed by atoms with Crippen molar-refractivity contribution in [3.05, 3.63) is 83.9 Å². The number of carbonyl (C=O) groups excluding carboxylic acids is 1. The Kier molecular flexibility index (Phi) is 3.04. The van der Waals surface area contributed by atoms with Gasteiger partial charge in [0.25, 0.3) is 0 Å². The van der Waals surface area contributed by atoms with Gasteiger partial charge in [-0.2, -0.15) is 0 Å². The maximum absolute atomic E-state index is 11.5. The second-order valence-corrected chi connectivity index (χ2v) is 5.00. The Balaban J connectivity index is 2.17. The second kappa shape index (κ2) is 4.85. The van der Waals surface area contributed by atoms with Crippen LogP contribution in [-0.2, 0) is 10.2 Å². The number of ketones is 1. The maximum atomic E-state index is 11.5. The molecule has 0 saturated carbocycles. The first-order chi connectivity index (χ1) is 9.31. The fourth-order valence-corrected chi connectivity index (χ4v) is 2.84. The highest BCUT2D eigenvalue weighted by molar-refractivity contribution is 5.91. The topological polar surface area (TPSA) is 17.1 Å². The summed E-state index contributed by atoms with van der Waals surface area (Å²) in [6, 6.07) is 20.9. The summed E-state index contributed by atoms with van der Waals surface area (Å²) in [5.74, 6) is 0.225. The summed E-state index contributed by atoms with van der Waals surface area (Å²) in [6.07, 6.45) is 5.27. The number of hydrogen-bond acceptors (Lipinski definition) is 1. The highest BCUT2D eigenvalue weighted by atomic mass is 16.1. The van der Waals surface area contributed by atoms with Crippen LogP contribution in [0.2, 0.25) is 0 Å². The predicted octanol–water partition coefficient (Wildman–Crippen LogP) is 3.89. The van der Waals surface area contributed by atoms with Gasteiger partial charge in [0.1, 0.15) is 0 Å². The van der Waals surface area contributed by atoms with Crippen molar-refractivity contribution >= 4 is 5.78 Å². The molecule has 2 aromatic carbocycles. The Labute approximate surface area is 113 Å². The third-order valence-electron chi connectivity index (χ3n) is 3.90. The molecular formula is C18H16O. The molecule has 0 aliphatic heterocycles. The Morgan fingerprint density at radius 1 is 0.789 bits per heavy atom. The molecule has 2 aromatic rings. The van der Waals surface area contributed by atoms with E-state index in [1.165, 1.54) is 11.1 Å². The first-order valence-corrected chi connectivity index (χ1v) is 6.64. The Hall–Kier alpha value is -2.15. The molecule has 0 fully saturated rings. The fourth-order valence-electron chi connectivity index (χ4n) is 2.84. The summed E-state index contributed by atoms with van der Waals surface area (Å²) in [5.41, 5.74) is 2.35. The van der Waals surface area contributed by atoms with Gasteiger partial charge in [0.2, 0.25) is 0 Å². The van der Waals surface area contributed by atoms with Gasteiger partial charge in [0.15, 0.2) is 5.78 Å². The van der Waals surface area contributed by atoms with Crippen LogP contribution in [0.4, 0.5) is 0 Å². The summed E-state index contributed by atoms with van der Waals surface area (Å²) >= 11 is 0. The van der Waals surface area contributed by atoms with Crippen LogP contribution in [0.25, 0.3) is 0 Å². The third kappa shape index (κ3) is 2.12. The van der Waals surface area contributed by atoms with Crippen LogP contribution < -0.4 is 0 Å². The predicted molar refractivity (Wildman–Crippen MR) is 77.0 cm³/mol. The molecule has 19 heavy (non-hydrogen) atoms. The van der Waals surface area contributed by atoms with Crippen LogP contribution >= 0.6 is 0 Å². The number of carbonyl (C=O) groups is 1. The lowest BCUT2D eigenvalue weighted by atomic mass is 9.68. The standard InChI is InChI=1S/C18H16O/c19-17-11-13-18(14-12-17,15-7-3-1-4-8-15)16-9-5-2-6-10-16/h1-11,13H,12,14H2. The summed E-state index contributed by atoms with van der Waals surface area (Å²) in [6.45, 7) is 0. The van der Waals surface area contributed by atoms with E-state index in [1.807, 2.05) is 12.1 Å². The van der Waals surface area contributed by atoms with Crippen LogP contribution in [-0.4, -0.2) is 5.78 Å². The number of benzene rings is 2. The fraction of sp³-hybridized carbons (Fsp3) is 0.167. The number of hydrogen-bond donors (Lipinski definition) is 0. The van der Waals surface area contributed by atoms with Gasteiger partial charge in [0, 0.05) is 11.8 Å². The van der Waals surface area contributed by atoms with Gasteiger partial charge >= 0.3 is 0 Å². The molecule has 0 spiro atoms. The zero-order valence-corrected chi connectivity index (χ0v) is 10.8. The van der Waals surface area contributed by atoms with Gasteiger partial charge in [-0.15, -0.1) is 0 Å². The van der Waals surface area contributed by atoms with Gasteiger partial charge in [-0.05, 0) is 23.6 Å². The summed E-state index contributed by atoms with van der Waals surface area (Å²) in [4.78, 5) is 11.5. The molecule has 0 heterocycles. The first kappa shape index (κ1) is 11.9. The van der Waals surface area contributed by atoms with E-state index < -0.39 is 0 Å². The molecule has 1 aliphatic carbocycles. The molecule has 1 heteroatoms. The molecule has 94 valence electrons. The maximum Gasteiger partial charge on any atom is 0.155 e. The van der Waals surface area contributed by atoms with Gasteiger partial charge in [-0.1, -0.05) is 66.7 Å². The van der Waals surface area contributed by atoms with E-state index in [-0.39, 0.29) is 11.2 Å². The highest BCUT2D eigenvalue weighted by Crippen LogP contribution is 2.40. The largest absolute Gasteiger partial charge is 0.295 e. The molecule has 0 bridgehead atoms. The first-order valence-electron chi connectivity index (χ1n) is 6.64. The van der Waals surface area contributed by atoms with Crippen LogP contribution in [0.15, 0.2) is 72.8 Å². The average Bonchev–Trinajstić information content (AvgIpc) is 2.50. The van der Waals surface area contributed by atoms with E-state index >= 15 is 0 Å². The quantitative estimate of drug-likeness (QED) is 0.788. The zero-order chi connectivity index (χ0) is 13.1. The smallest absolute Gasteiger partial charge is 0.155 e. The monoisotopic (exact) mass is 248 g/mol. The van der Waals surface area contributed by atoms with Crippen LogP contribution in [0, 0.1) is 0 Å². The van der Waals surface area contributed by atoms with E-state index in [0.29, 0.717) is 6.42 Å². The third-order valence-corrected chi connectivity index (χ3v) is 3.90. The molecule has 3 rings (SSSR count). The molecule has 0 aromatic heterocycles. The van der Waals surface area contributed by atoms with Crippen molar-refractivity contribution in [1.82, 2.24) is 0 Å². The molecule has 0 radical (unpaired) electrons. The van der Waals surface area contributed by atoms with E-state index in [2.05, 4.69) is 54.6 Å². The van der Waals surface area contributed by atoms with Crippen molar-refractivity contribution in [2.45, 2.75) is 18.3 Å². The molecular weight excluding hydrogens is 232 g/mol. The molecule has 0 amide bonds. The van der Waals surface area contributed by atoms with Crippen LogP contribution in [0.3, 0.4) is 0 Å². The lowest BCUT2D eigenvalue weighted by molar-refractivity contribution is -0.115. The minimum atomic E-state index is -0.156. The Morgan fingerprint density at radius 3 is 1.74 bits per heavy atom. The average molecular weight is 248 g/mol. The molecule has 0 unspecified atom stereocenters. The Bertz CT molecular complexity index is 557. The van der Waals surface area contributed by atoms with Gasteiger partial charge in [0.05, 0.1) is 0 Å². The van der Waals surface area contributed by atoms with Crippen LogP contribution in [0.1, 0.15) is 24.0 Å². The minimum absolute atomic E-state index is 0.156. The summed E-state index contributed by atoms with van der Waals surface area (Å²) in [7, 11) is 0. The lowest BCUT2D eigenvalue weighted by Gasteiger charge is -2.34. The van der Waals surface area contributed by atoms with E-state index in [1.54, 1.807) is 6.08 Å². The molecule has 0 N–H and O–H groups in total. The molecule has 0 atom stereocenters. The van der Waals surface area contributed by atoms with E-state index in [4.69, 9.17) is 0 Å². The van der Waals surface area contributed by atoms with E-state index in [0.717, 1.165) is 6.42 Å². The highest BCUT2D eigenvalue weighted by Gasteiger charge is 2.34. The van der Waals surface area contributed by atoms with Gasteiger partial charge in [-0.3, -0.25) is 4.79 Å². The van der Waals surface area contributed by atoms with Crippen molar-refractivity contribution in [2.24, 2.45) is 0 Å². The van der Waals surface area contributed by atoms with Gasteiger partial charge < -0.3 is 0 Å². The van der Waals surface area contributed by atoms with E-state index in [9.17, 15) is 4.79 Å². The lowest BCUT2D eigenvalue weighted by Crippen LogP contribution is -2.29. The van der Waals surface area contributed by atoms with Crippen molar-refractivity contribution in [2.75, 3.05) is 0 Å². The Morgan fingerprint density at radius 2 is 1.32 bits per heavy atom. The summed E-state index contributed by atoms with van der Waals surface area (Å²) < 4.78 is 0. The SMILES string of the molecule is O=C1C=CC(c2ccccc2)(c2ccccc2)CC1. The summed E-state index contributed by atoms with van der Waals surface area (Å²) in [5, 5.41) is 0.